The lowest BCUT2D eigenvalue weighted by atomic mass is 9.99. The van der Waals surface area contributed by atoms with Crippen LogP contribution in [0.25, 0.3) is 0 Å². The van der Waals surface area contributed by atoms with Crippen molar-refractivity contribution in [2.24, 2.45) is 5.92 Å². The molecule has 0 aromatic carbocycles. The molecule has 2 rings (SSSR count). The number of pyridine rings is 1. The van der Waals surface area contributed by atoms with E-state index in [1.54, 1.807) is 18.3 Å². The molecule has 1 amide bonds. The smallest absolute Gasteiger partial charge is 0.274 e. The largest absolute Gasteiger partial charge is 0.397 e. The zero-order valence-corrected chi connectivity index (χ0v) is 9.52. The zero-order valence-electron chi connectivity index (χ0n) is 9.52. The number of amides is 1. The Labute approximate surface area is 95.5 Å². The number of rotatable bonds is 1. The second-order valence-electron chi connectivity index (χ2n) is 4.42. The molecule has 0 aliphatic carbocycles. The number of nitrogens with zero attached hydrogens (tertiary/aromatic N) is 2. The monoisotopic (exact) mass is 219 g/mol. The summed E-state index contributed by atoms with van der Waals surface area (Å²) in [4.78, 5) is 18.0. The molecular weight excluding hydrogens is 202 g/mol. The lowest BCUT2D eigenvalue weighted by Crippen LogP contribution is -2.38. The summed E-state index contributed by atoms with van der Waals surface area (Å²) < 4.78 is 0. The Morgan fingerprint density at radius 1 is 1.50 bits per heavy atom. The van der Waals surface area contributed by atoms with Crippen LogP contribution in [0, 0.1) is 5.92 Å². The van der Waals surface area contributed by atoms with Crippen LogP contribution >= 0.6 is 0 Å². The quantitative estimate of drug-likeness (QED) is 0.779. The molecule has 1 fully saturated rings. The summed E-state index contributed by atoms with van der Waals surface area (Å²) in [6, 6.07) is 3.46. The fourth-order valence-electron chi connectivity index (χ4n) is 1.96. The number of hydrogen-bond donors (Lipinski definition) is 1. The molecule has 16 heavy (non-hydrogen) atoms. The predicted molar refractivity (Wildman–Crippen MR) is 63.0 cm³/mol. The molecule has 1 aliphatic heterocycles. The molecule has 2 N–H and O–H groups in total. The summed E-state index contributed by atoms with van der Waals surface area (Å²) in [5.74, 6) is 0.676. The van der Waals surface area contributed by atoms with Crippen LogP contribution in [0.3, 0.4) is 0 Å². The summed E-state index contributed by atoms with van der Waals surface area (Å²) >= 11 is 0. The fraction of sp³-hybridized carbons (Fsp3) is 0.500. The van der Waals surface area contributed by atoms with Gasteiger partial charge in [-0.25, -0.2) is 4.98 Å². The van der Waals surface area contributed by atoms with Gasteiger partial charge in [-0.3, -0.25) is 4.79 Å². The third-order valence-electron chi connectivity index (χ3n) is 3.11. The Balaban J connectivity index is 2.11. The zero-order chi connectivity index (χ0) is 11.5. The minimum Gasteiger partial charge on any atom is -0.397 e. The second kappa shape index (κ2) is 4.51. The minimum atomic E-state index is -0.0370. The van der Waals surface area contributed by atoms with Crippen LogP contribution in [0.1, 0.15) is 30.3 Å². The number of aromatic nitrogens is 1. The van der Waals surface area contributed by atoms with Gasteiger partial charge >= 0.3 is 0 Å². The van der Waals surface area contributed by atoms with Crippen LogP contribution in [0.4, 0.5) is 5.69 Å². The van der Waals surface area contributed by atoms with Gasteiger partial charge in [0.15, 0.2) is 5.69 Å². The lowest BCUT2D eigenvalue weighted by molar-refractivity contribution is 0.0692. The van der Waals surface area contributed by atoms with Gasteiger partial charge in [0.05, 0.1) is 5.69 Å². The molecule has 1 aliphatic rings. The van der Waals surface area contributed by atoms with Crippen LogP contribution in [-0.2, 0) is 0 Å². The first-order valence-corrected chi connectivity index (χ1v) is 5.68. The van der Waals surface area contributed by atoms with Gasteiger partial charge in [0, 0.05) is 19.3 Å². The molecule has 1 aromatic heterocycles. The summed E-state index contributed by atoms with van der Waals surface area (Å²) in [5.41, 5.74) is 6.60. The molecule has 0 bridgehead atoms. The molecule has 0 unspecified atom stereocenters. The van der Waals surface area contributed by atoms with Crippen LogP contribution in [0.5, 0.6) is 0 Å². The maximum Gasteiger partial charge on any atom is 0.274 e. The molecule has 0 saturated carbocycles. The van der Waals surface area contributed by atoms with Crippen molar-refractivity contribution in [2.45, 2.75) is 19.8 Å². The standard InChI is InChI=1S/C12H17N3O/c1-9-4-7-15(8-5-9)12(16)11-10(13)3-2-6-14-11/h2-3,6,9H,4-5,7-8,13H2,1H3. The molecular formula is C12H17N3O. The van der Waals surface area contributed by atoms with Crippen molar-refractivity contribution in [3.8, 4) is 0 Å². The Kier molecular flexibility index (Phi) is 3.08. The number of carbonyl (C=O) groups is 1. The topological polar surface area (TPSA) is 59.2 Å². The van der Waals surface area contributed by atoms with Crippen LogP contribution in [-0.4, -0.2) is 28.9 Å². The molecule has 2 heterocycles. The lowest BCUT2D eigenvalue weighted by Gasteiger charge is -2.30. The van der Waals surface area contributed by atoms with E-state index in [9.17, 15) is 4.79 Å². The Hall–Kier alpha value is -1.58. The van der Waals surface area contributed by atoms with Crippen LogP contribution in [0.15, 0.2) is 18.3 Å². The van der Waals surface area contributed by atoms with E-state index in [1.165, 1.54) is 0 Å². The number of likely N-dealkylation sites (tertiary alicyclic amines) is 1. The molecule has 4 nitrogen and oxygen atoms in total. The van der Waals surface area contributed by atoms with Gasteiger partial charge < -0.3 is 10.6 Å². The van der Waals surface area contributed by atoms with E-state index >= 15 is 0 Å². The van der Waals surface area contributed by atoms with E-state index in [-0.39, 0.29) is 5.91 Å². The number of piperidine rings is 1. The first-order valence-electron chi connectivity index (χ1n) is 5.68. The molecule has 86 valence electrons. The Bertz CT molecular complexity index is 384. The summed E-state index contributed by atoms with van der Waals surface area (Å²) in [5, 5.41) is 0. The van der Waals surface area contributed by atoms with Crippen molar-refractivity contribution < 1.29 is 4.79 Å². The first kappa shape index (κ1) is 10.9. The normalized spacial score (nSPS) is 17.4. The third-order valence-corrected chi connectivity index (χ3v) is 3.11. The van der Waals surface area contributed by atoms with E-state index in [0.29, 0.717) is 17.3 Å². The van der Waals surface area contributed by atoms with E-state index in [2.05, 4.69) is 11.9 Å². The number of carbonyl (C=O) groups excluding carboxylic acids is 1. The molecule has 0 radical (unpaired) electrons. The third kappa shape index (κ3) is 2.15. The number of nitrogen functional groups attached to an aromatic ring is 1. The summed E-state index contributed by atoms with van der Waals surface area (Å²) in [6.45, 7) is 3.85. The van der Waals surface area contributed by atoms with Crippen molar-refractivity contribution in [3.63, 3.8) is 0 Å². The van der Waals surface area contributed by atoms with Crippen molar-refractivity contribution in [1.29, 1.82) is 0 Å². The second-order valence-corrected chi connectivity index (χ2v) is 4.42. The maximum absolute atomic E-state index is 12.1. The Morgan fingerprint density at radius 3 is 2.81 bits per heavy atom. The van der Waals surface area contributed by atoms with Crippen molar-refractivity contribution >= 4 is 11.6 Å². The first-order chi connectivity index (χ1) is 7.68. The minimum absolute atomic E-state index is 0.0370. The van der Waals surface area contributed by atoms with Crippen molar-refractivity contribution in [2.75, 3.05) is 18.8 Å². The van der Waals surface area contributed by atoms with Crippen molar-refractivity contribution in [3.05, 3.63) is 24.0 Å². The van der Waals surface area contributed by atoms with Gasteiger partial charge in [-0.2, -0.15) is 0 Å². The fourth-order valence-corrected chi connectivity index (χ4v) is 1.96. The highest BCUT2D eigenvalue weighted by molar-refractivity contribution is 5.97. The summed E-state index contributed by atoms with van der Waals surface area (Å²) in [6.07, 6.45) is 3.74. The van der Waals surface area contributed by atoms with Crippen LogP contribution < -0.4 is 5.73 Å². The number of anilines is 1. The van der Waals surface area contributed by atoms with E-state index in [0.717, 1.165) is 25.9 Å². The van der Waals surface area contributed by atoms with Gasteiger partial charge in [0.1, 0.15) is 0 Å². The molecule has 0 spiro atoms. The van der Waals surface area contributed by atoms with Gasteiger partial charge in [-0.1, -0.05) is 6.92 Å². The van der Waals surface area contributed by atoms with Crippen LogP contribution in [0.2, 0.25) is 0 Å². The average molecular weight is 219 g/mol. The average Bonchev–Trinajstić information content (AvgIpc) is 2.30. The molecule has 1 saturated heterocycles. The van der Waals surface area contributed by atoms with E-state index < -0.39 is 0 Å². The van der Waals surface area contributed by atoms with Gasteiger partial charge in [-0.15, -0.1) is 0 Å². The molecule has 1 aromatic rings. The SMILES string of the molecule is CC1CCN(C(=O)c2ncccc2N)CC1. The molecule has 0 atom stereocenters. The highest BCUT2D eigenvalue weighted by atomic mass is 16.2. The Morgan fingerprint density at radius 2 is 2.19 bits per heavy atom. The maximum atomic E-state index is 12.1. The van der Waals surface area contributed by atoms with Crippen molar-refractivity contribution in [1.82, 2.24) is 9.88 Å². The highest BCUT2D eigenvalue weighted by Gasteiger charge is 2.23. The molecule has 4 heteroatoms. The number of hydrogen-bond acceptors (Lipinski definition) is 3. The van der Waals surface area contributed by atoms with Gasteiger partial charge in [0.2, 0.25) is 0 Å². The van der Waals surface area contributed by atoms with Gasteiger partial charge in [0.25, 0.3) is 5.91 Å². The van der Waals surface area contributed by atoms with E-state index in [4.69, 9.17) is 5.73 Å². The van der Waals surface area contributed by atoms with Gasteiger partial charge in [-0.05, 0) is 30.9 Å². The summed E-state index contributed by atoms with van der Waals surface area (Å²) in [7, 11) is 0. The number of nitrogens with two attached hydrogens (primary N) is 1. The van der Waals surface area contributed by atoms with E-state index in [1.807, 2.05) is 4.90 Å². The predicted octanol–water partition coefficient (Wildman–Crippen LogP) is 1.54. The highest BCUT2D eigenvalue weighted by Crippen LogP contribution is 2.19.